The second-order valence-electron chi connectivity index (χ2n) is 8.48. The summed E-state index contributed by atoms with van der Waals surface area (Å²) in [5, 5.41) is 11.8. The SMILES string of the molecule is Cc1nc2c(OCC3CCCCC3)cccn2c1C(=O)Nc1cccc(CCC(=O)O)c1. The Balaban J connectivity index is 1.51. The summed E-state index contributed by atoms with van der Waals surface area (Å²) in [7, 11) is 0. The van der Waals surface area contributed by atoms with Gasteiger partial charge in [-0.1, -0.05) is 31.4 Å². The Morgan fingerprint density at radius 3 is 2.78 bits per heavy atom. The monoisotopic (exact) mass is 435 g/mol. The molecule has 1 aliphatic rings. The van der Waals surface area contributed by atoms with Crippen molar-refractivity contribution in [3.05, 3.63) is 59.5 Å². The van der Waals surface area contributed by atoms with E-state index in [9.17, 15) is 9.59 Å². The number of fused-ring (bicyclic) bond motifs is 1. The maximum atomic E-state index is 13.1. The number of carbonyl (C=O) groups excluding carboxylic acids is 1. The molecule has 1 aliphatic carbocycles. The summed E-state index contributed by atoms with van der Waals surface area (Å²) in [5.74, 6) is 0.157. The van der Waals surface area contributed by atoms with Crippen molar-refractivity contribution < 1.29 is 19.4 Å². The minimum Gasteiger partial charge on any atom is -0.489 e. The van der Waals surface area contributed by atoms with E-state index in [-0.39, 0.29) is 12.3 Å². The molecule has 1 saturated carbocycles. The highest BCUT2D eigenvalue weighted by Crippen LogP contribution is 2.27. The zero-order valence-corrected chi connectivity index (χ0v) is 18.3. The van der Waals surface area contributed by atoms with E-state index in [1.165, 1.54) is 32.1 Å². The quantitative estimate of drug-likeness (QED) is 0.526. The lowest BCUT2D eigenvalue weighted by Gasteiger charge is -2.21. The molecule has 0 spiro atoms. The first-order valence-electron chi connectivity index (χ1n) is 11.2. The molecule has 0 radical (unpaired) electrons. The molecule has 0 unspecified atom stereocenters. The minimum atomic E-state index is -0.845. The van der Waals surface area contributed by atoms with Crippen LogP contribution in [0.3, 0.4) is 0 Å². The predicted molar refractivity (Wildman–Crippen MR) is 122 cm³/mol. The summed E-state index contributed by atoms with van der Waals surface area (Å²) in [5.41, 5.74) is 3.20. The number of rotatable bonds is 8. The third-order valence-corrected chi connectivity index (χ3v) is 6.02. The Kier molecular flexibility index (Phi) is 6.73. The van der Waals surface area contributed by atoms with Crippen LogP contribution in [0.15, 0.2) is 42.6 Å². The van der Waals surface area contributed by atoms with Crippen LogP contribution in [-0.4, -0.2) is 33.0 Å². The van der Waals surface area contributed by atoms with Crippen molar-refractivity contribution in [1.82, 2.24) is 9.38 Å². The van der Waals surface area contributed by atoms with E-state index in [1.54, 1.807) is 16.5 Å². The highest BCUT2D eigenvalue weighted by molar-refractivity contribution is 6.04. The molecular weight excluding hydrogens is 406 g/mol. The van der Waals surface area contributed by atoms with E-state index >= 15 is 0 Å². The third kappa shape index (κ3) is 5.10. The van der Waals surface area contributed by atoms with Gasteiger partial charge in [-0.3, -0.25) is 14.0 Å². The van der Waals surface area contributed by atoms with Crippen LogP contribution in [0.2, 0.25) is 0 Å². The van der Waals surface area contributed by atoms with Gasteiger partial charge in [0.1, 0.15) is 5.69 Å². The number of hydrogen-bond acceptors (Lipinski definition) is 4. The molecule has 168 valence electrons. The molecule has 4 rings (SSSR count). The first-order valence-corrected chi connectivity index (χ1v) is 11.2. The second kappa shape index (κ2) is 9.85. The molecule has 0 saturated heterocycles. The smallest absolute Gasteiger partial charge is 0.303 e. The molecule has 2 aromatic heterocycles. The number of aromatic nitrogens is 2. The molecular formula is C25H29N3O4. The highest BCUT2D eigenvalue weighted by Gasteiger charge is 2.20. The zero-order chi connectivity index (χ0) is 22.5. The van der Waals surface area contributed by atoms with E-state index in [0.29, 0.717) is 47.4 Å². The normalized spacial score (nSPS) is 14.4. The number of carboxylic acid groups (broad SMARTS) is 1. The van der Waals surface area contributed by atoms with Gasteiger partial charge in [0.25, 0.3) is 5.91 Å². The fourth-order valence-electron chi connectivity index (χ4n) is 4.35. The van der Waals surface area contributed by atoms with Crippen molar-refractivity contribution in [2.75, 3.05) is 11.9 Å². The van der Waals surface area contributed by atoms with Crippen LogP contribution < -0.4 is 10.1 Å². The summed E-state index contributed by atoms with van der Waals surface area (Å²) in [6.07, 6.45) is 8.53. The van der Waals surface area contributed by atoms with Gasteiger partial charge in [-0.25, -0.2) is 4.98 Å². The van der Waals surface area contributed by atoms with Gasteiger partial charge >= 0.3 is 5.97 Å². The first-order chi connectivity index (χ1) is 15.5. The number of aryl methyl sites for hydroxylation is 2. The molecule has 2 N–H and O–H groups in total. The molecule has 0 atom stereocenters. The highest BCUT2D eigenvalue weighted by atomic mass is 16.5. The minimum absolute atomic E-state index is 0.0490. The number of pyridine rings is 1. The van der Waals surface area contributed by atoms with Gasteiger partial charge < -0.3 is 15.2 Å². The van der Waals surface area contributed by atoms with Gasteiger partial charge in [-0.2, -0.15) is 0 Å². The number of carbonyl (C=O) groups is 2. The van der Waals surface area contributed by atoms with Crippen molar-refractivity contribution in [2.45, 2.75) is 51.9 Å². The summed E-state index contributed by atoms with van der Waals surface area (Å²) < 4.78 is 7.90. The van der Waals surface area contributed by atoms with Crippen molar-refractivity contribution in [3.8, 4) is 5.75 Å². The van der Waals surface area contributed by atoms with Gasteiger partial charge in [0.05, 0.1) is 12.3 Å². The first kappa shape index (κ1) is 21.9. The molecule has 7 nitrogen and oxygen atoms in total. The number of hydrogen-bond donors (Lipinski definition) is 2. The molecule has 0 bridgehead atoms. The molecule has 1 fully saturated rings. The van der Waals surface area contributed by atoms with Gasteiger partial charge in [0.15, 0.2) is 11.4 Å². The number of ether oxygens (including phenoxy) is 1. The molecule has 1 aromatic carbocycles. The summed E-state index contributed by atoms with van der Waals surface area (Å²) >= 11 is 0. The number of amides is 1. The number of aliphatic carboxylic acids is 1. The molecule has 0 aliphatic heterocycles. The van der Waals surface area contributed by atoms with Crippen LogP contribution in [0.5, 0.6) is 5.75 Å². The van der Waals surface area contributed by atoms with Crippen molar-refractivity contribution in [2.24, 2.45) is 5.92 Å². The summed E-state index contributed by atoms with van der Waals surface area (Å²) in [4.78, 5) is 28.5. The predicted octanol–water partition coefficient (Wildman–Crippen LogP) is 4.87. The molecule has 3 aromatic rings. The van der Waals surface area contributed by atoms with E-state index in [1.807, 2.05) is 37.4 Å². The lowest BCUT2D eigenvalue weighted by molar-refractivity contribution is -0.136. The second-order valence-corrected chi connectivity index (χ2v) is 8.48. The van der Waals surface area contributed by atoms with E-state index in [0.717, 1.165) is 5.56 Å². The van der Waals surface area contributed by atoms with Crippen LogP contribution in [0.1, 0.15) is 60.3 Å². The Hall–Kier alpha value is -3.35. The maximum Gasteiger partial charge on any atom is 0.303 e. The van der Waals surface area contributed by atoms with Crippen LogP contribution in [0.4, 0.5) is 5.69 Å². The molecule has 2 heterocycles. The standard InChI is InChI=1S/C25H29N3O4/c1-17-23(25(31)27-20-10-5-9-18(15-20)12-13-22(29)30)28-14-6-11-21(24(28)26-17)32-16-19-7-3-2-4-8-19/h5-6,9-11,14-15,19H,2-4,7-8,12-13,16H2,1H3,(H,27,31)(H,29,30). The number of benzene rings is 1. The Morgan fingerprint density at radius 2 is 2.00 bits per heavy atom. The average Bonchev–Trinajstić information content (AvgIpc) is 3.13. The van der Waals surface area contributed by atoms with Gasteiger partial charge in [-0.05, 0) is 61.9 Å². The van der Waals surface area contributed by atoms with E-state index in [2.05, 4.69) is 10.3 Å². The number of imidazole rings is 1. The van der Waals surface area contributed by atoms with Crippen molar-refractivity contribution >= 4 is 23.2 Å². The lowest BCUT2D eigenvalue weighted by Crippen LogP contribution is -2.16. The maximum absolute atomic E-state index is 13.1. The summed E-state index contributed by atoms with van der Waals surface area (Å²) in [6, 6.07) is 11.0. The lowest BCUT2D eigenvalue weighted by atomic mass is 9.90. The number of anilines is 1. The van der Waals surface area contributed by atoms with E-state index in [4.69, 9.17) is 9.84 Å². The molecule has 7 heteroatoms. The van der Waals surface area contributed by atoms with Gasteiger partial charge in [0, 0.05) is 18.3 Å². The van der Waals surface area contributed by atoms with Crippen molar-refractivity contribution in [1.29, 1.82) is 0 Å². The Bertz CT molecular complexity index is 1120. The number of nitrogens with zero attached hydrogens (tertiary/aromatic N) is 2. The van der Waals surface area contributed by atoms with Crippen molar-refractivity contribution in [3.63, 3.8) is 0 Å². The van der Waals surface area contributed by atoms with E-state index < -0.39 is 5.97 Å². The number of carboxylic acids is 1. The molecule has 1 amide bonds. The fraction of sp³-hybridized carbons (Fsp3) is 0.400. The van der Waals surface area contributed by atoms with Gasteiger partial charge in [-0.15, -0.1) is 0 Å². The van der Waals surface area contributed by atoms with Crippen LogP contribution in [0, 0.1) is 12.8 Å². The number of nitrogens with one attached hydrogen (secondary N) is 1. The Labute approximate surface area is 187 Å². The topological polar surface area (TPSA) is 92.9 Å². The van der Waals surface area contributed by atoms with Crippen LogP contribution in [0.25, 0.3) is 5.65 Å². The fourth-order valence-corrected chi connectivity index (χ4v) is 4.35. The molecule has 32 heavy (non-hydrogen) atoms. The van der Waals surface area contributed by atoms with Gasteiger partial charge in [0.2, 0.25) is 0 Å². The van der Waals surface area contributed by atoms with Crippen LogP contribution >= 0.6 is 0 Å². The summed E-state index contributed by atoms with van der Waals surface area (Å²) in [6.45, 7) is 2.49. The Morgan fingerprint density at radius 1 is 1.19 bits per heavy atom. The average molecular weight is 436 g/mol. The largest absolute Gasteiger partial charge is 0.489 e. The third-order valence-electron chi connectivity index (χ3n) is 6.02. The zero-order valence-electron chi connectivity index (χ0n) is 18.3. The van der Waals surface area contributed by atoms with Crippen LogP contribution in [-0.2, 0) is 11.2 Å².